The molecule has 1 saturated heterocycles. The molecule has 1 unspecified atom stereocenters. The van der Waals surface area contributed by atoms with Gasteiger partial charge in [0.1, 0.15) is 0 Å². The van der Waals surface area contributed by atoms with E-state index in [0.29, 0.717) is 47.5 Å². The lowest BCUT2D eigenvalue weighted by atomic mass is 9.86. The minimum absolute atomic E-state index is 0.0150. The number of pyridine rings is 1. The second kappa shape index (κ2) is 14.5. The maximum absolute atomic E-state index is 13.4. The molecule has 1 aliphatic heterocycles. The Morgan fingerprint density at radius 3 is 2.41 bits per heavy atom. The predicted molar refractivity (Wildman–Crippen MR) is 194 cm³/mol. The molecule has 3 N–H and O–H groups in total. The topological polar surface area (TPSA) is 121 Å². The largest absolute Gasteiger partial charge is 0.391 e. The molecule has 0 bridgehead atoms. The van der Waals surface area contributed by atoms with Crippen molar-refractivity contribution in [1.82, 2.24) is 9.47 Å². The number of nitrogens with one attached hydrogen (secondary N) is 2. The lowest BCUT2D eigenvalue weighted by Gasteiger charge is -2.30. The number of carbonyl (C=O) groups is 3. The van der Waals surface area contributed by atoms with E-state index in [1.807, 2.05) is 55.5 Å². The van der Waals surface area contributed by atoms with Crippen LogP contribution in [-0.2, 0) is 23.7 Å². The van der Waals surface area contributed by atoms with Gasteiger partial charge in [-0.1, -0.05) is 57.7 Å². The highest BCUT2D eigenvalue weighted by atomic mass is 16.3. The molecule has 0 saturated carbocycles. The lowest BCUT2D eigenvalue weighted by Crippen LogP contribution is -2.42. The molecule has 3 amide bonds. The molecule has 2 heterocycles. The van der Waals surface area contributed by atoms with Crippen molar-refractivity contribution >= 4 is 29.1 Å². The fraction of sp³-hybridized carbons (Fsp3) is 0.300. The van der Waals surface area contributed by atoms with Gasteiger partial charge in [0.15, 0.2) is 0 Å². The van der Waals surface area contributed by atoms with Crippen LogP contribution < -0.4 is 16.2 Å². The number of β-amino-alcohol motifs (C(OH)–C–C–N with tert-alkyl or cyclic N) is 1. The van der Waals surface area contributed by atoms with Gasteiger partial charge in [-0.25, -0.2) is 0 Å². The zero-order valence-electron chi connectivity index (χ0n) is 28.8. The van der Waals surface area contributed by atoms with Gasteiger partial charge >= 0.3 is 0 Å². The van der Waals surface area contributed by atoms with Crippen molar-refractivity contribution in [3.63, 3.8) is 0 Å². The van der Waals surface area contributed by atoms with Crippen LogP contribution in [0.4, 0.5) is 11.4 Å². The highest BCUT2D eigenvalue weighted by molar-refractivity contribution is 6.07. The third-order valence-electron chi connectivity index (χ3n) is 9.00. The van der Waals surface area contributed by atoms with Gasteiger partial charge < -0.3 is 25.2 Å². The molecule has 1 fully saturated rings. The van der Waals surface area contributed by atoms with Crippen LogP contribution in [0, 0.1) is 6.92 Å². The Morgan fingerprint density at radius 2 is 1.73 bits per heavy atom. The molecule has 5 rings (SSSR count). The van der Waals surface area contributed by atoms with Gasteiger partial charge in [-0.05, 0) is 95.5 Å². The molecule has 254 valence electrons. The third-order valence-corrected chi connectivity index (χ3v) is 9.00. The number of hydrogen-bond donors (Lipinski definition) is 3. The molecular weight excluding hydrogens is 616 g/mol. The summed E-state index contributed by atoms with van der Waals surface area (Å²) >= 11 is 0. The fourth-order valence-electron chi connectivity index (χ4n) is 6.16. The molecule has 1 atom stereocenters. The zero-order valence-corrected chi connectivity index (χ0v) is 28.8. The molecule has 9 heteroatoms. The van der Waals surface area contributed by atoms with Gasteiger partial charge in [0.2, 0.25) is 5.91 Å². The van der Waals surface area contributed by atoms with Crippen LogP contribution >= 0.6 is 0 Å². The smallest absolute Gasteiger partial charge is 0.256 e. The van der Waals surface area contributed by atoms with Crippen LogP contribution in [0.15, 0.2) is 90.4 Å². The predicted octanol–water partition coefficient (Wildman–Crippen LogP) is 6.22. The number of anilines is 2. The zero-order chi connectivity index (χ0) is 35.5. The highest BCUT2D eigenvalue weighted by Gasteiger charge is 2.25. The van der Waals surface area contributed by atoms with E-state index in [1.165, 1.54) is 4.57 Å². The summed E-state index contributed by atoms with van der Waals surface area (Å²) in [7, 11) is 1.70. The first-order valence-electron chi connectivity index (χ1n) is 16.5. The van der Waals surface area contributed by atoms with E-state index in [9.17, 15) is 24.3 Å². The fourth-order valence-corrected chi connectivity index (χ4v) is 6.16. The molecular formula is C40H44N4O5. The molecule has 3 aromatic carbocycles. The Balaban J connectivity index is 1.43. The number of carbonyl (C=O) groups excluding carboxylic acids is 3. The Kier molecular flexibility index (Phi) is 10.3. The number of benzene rings is 3. The number of aliphatic hydroxyl groups is 1. The summed E-state index contributed by atoms with van der Waals surface area (Å²) < 4.78 is 1.53. The second-order valence-electron chi connectivity index (χ2n) is 13.7. The number of aryl methyl sites for hydroxylation is 1. The molecule has 49 heavy (non-hydrogen) atoms. The second-order valence-corrected chi connectivity index (χ2v) is 13.7. The van der Waals surface area contributed by atoms with Crippen LogP contribution in [0.5, 0.6) is 0 Å². The first kappa shape index (κ1) is 35.0. The minimum Gasteiger partial charge on any atom is -0.391 e. The first-order chi connectivity index (χ1) is 23.2. The third kappa shape index (κ3) is 8.06. The Labute approximate surface area is 287 Å². The van der Waals surface area contributed by atoms with E-state index in [2.05, 4.69) is 38.0 Å². The van der Waals surface area contributed by atoms with Crippen molar-refractivity contribution in [2.24, 2.45) is 7.05 Å². The van der Waals surface area contributed by atoms with Crippen LogP contribution in [-0.4, -0.2) is 51.5 Å². The summed E-state index contributed by atoms with van der Waals surface area (Å²) in [5.41, 5.74) is 6.56. The van der Waals surface area contributed by atoms with Gasteiger partial charge in [-0.3, -0.25) is 19.2 Å². The van der Waals surface area contributed by atoms with E-state index < -0.39 is 12.0 Å². The summed E-state index contributed by atoms with van der Waals surface area (Å²) in [6.07, 6.45) is 3.90. The first-order valence-corrected chi connectivity index (χ1v) is 16.5. The van der Waals surface area contributed by atoms with Crippen LogP contribution in [0.2, 0.25) is 0 Å². The number of piperidine rings is 1. The number of amides is 3. The summed E-state index contributed by atoms with van der Waals surface area (Å²) in [4.78, 5) is 53.9. The van der Waals surface area contributed by atoms with Crippen molar-refractivity contribution in [2.75, 3.05) is 23.7 Å². The van der Waals surface area contributed by atoms with Gasteiger partial charge in [-0.15, -0.1) is 0 Å². The number of nitrogens with zero attached hydrogens (tertiary/aromatic N) is 2. The summed E-state index contributed by atoms with van der Waals surface area (Å²) in [5.74, 6) is -0.960. The summed E-state index contributed by atoms with van der Waals surface area (Å²) in [6, 6.07) is 20.3. The molecule has 4 aromatic rings. The highest BCUT2D eigenvalue weighted by Crippen LogP contribution is 2.30. The Morgan fingerprint density at radius 1 is 1.00 bits per heavy atom. The van der Waals surface area contributed by atoms with E-state index in [0.717, 1.165) is 33.9 Å². The normalized spacial score (nSPS) is 14.7. The van der Waals surface area contributed by atoms with E-state index in [4.69, 9.17) is 0 Å². The number of aliphatic hydroxyl groups excluding tert-OH is 1. The molecule has 0 spiro atoms. The number of hydrogen-bond acceptors (Lipinski definition) is 5. The van der Waals surface area contributed by atoms with Gasteiger partial charge in [0.05, 0.1) is 17.4 Å². The quantitative estimate of drug-likeness (QED) is 0.194. The number of aromatic nitrogens is 1. The van der Waals surface area contributed by atoms with Crippen LogP contribution in [0.3, 0.4) is 0 Å². The Bertz CT molecular complexity index is 1970. The molecule has 1 aliphatic rings. The maximum atomic E-state index is 13.4. The summed E-state index contributed by atoms with van der Waals surface area (Å²) in [6.45, 7) is 12.6. The van der Waals surface area contributed by atoms with Crippen molar-refractivity contribution in [2.45, 2.75) is 58.5 Å². The van der Waals surface area contributed by atoms with Crippen LogP contribution in [0.1, 0.15) is 76.6 Å². The molecule has 1 aromatic heterocycles. The number of likely N-dealkylation sites (tertiary alicyclic amines) is 1. The average Bonchev–Trinajstić information content (AvgIpc) is 3.07. The minimum atomic E-state index is -0.585. The molecule has 9 nitrogen and oxygen atoms in total. The van der Waals surface area contributed by atoms with Gasteiger partial charge in [0, 0.05) is 49.6 Å². The van der Waals surface area contributed by atoms with Crippen molar-refractivity contribution in [3.05, 3.63) is 129 Å². The monoisotopic (exact) mass is 660 g/mol. The molecule has 0 aliphatic carbocycles. The number of rotatable bonds is 8. The summed E-state index contributed by atoms with van der Waals surface area (Å²) in [5, 5.41) is 15.9. The van der Waals surface area contributed by atoms with E-state index >= 15 is 0 Å². The van der Waals surface area contributed by atoms with E-state index in [1.54, 1.807) is 36.3 Å². The van der Waals surface area contributed by atoms with Crippen molar-refractivity contribution < 1.29 is 19.5 Å². The van der Waals surface area contributed by atoms with Gasteiger partial charge in [-0.2, -0.15) is 0 Å². The molecule has 0 radical (unpaired) electrons. The van der Waals surface area contributed by atoms with Gasteiger partial charge in [0.25, 0.3) is 17.4 Å². The lowest BCUT2D eigenvalue weighted by molar-refractivity contribution is -0.111. The standard InChI is InChI=1S/C40H44N4O5/c1-7-36(46)41-35-21-26(13-18-33(35)39(49)44-19-9-10-31(45)24-44)20-28-22-29(23-43(6)38(28)48)32-11-8-12-34(25(32)2)42-37(47)27-14-16-30(17-15-27)40(3,4)5/h7-8,11-18,21-23,31,45H,1,9-10,19-20,24H2,2-6H3,(H,41,46)(H,42,47). The maximum Gasteiger partial charge on any atom is 0.256 e. The van der Waals surface area contributed by atoms with Crippen molar-refractivity contribution in [1.29, 1.82) is 0 Å². The van der Waals surface area contributed by atoms with E-state index in [-0.39, 0.29) is 35.8 Å². The average molecular weight is 661 g/mol. The van der Waals surface area contributed by atoms with Crippen molar-refractivity contribution in [3.8, 4) is 11.1 Å². The SMILES string of the molecule is C=CC(=O)Nc1cc(Cc2cc(-c3cccc(NC(=O)c4ccc(C(C)(C)C)cc4)c3C)cn(C)c2=O)ccc1C(=O)N1CCCC(O)C1. The van der Waals surface area contributed by atoms with Crippen LogP contribution in [0.25, 0.3) is 11.1 Å². The Hall–Kier alpha value is -5.28.